The van der Waals surface area contributed by atoms with Gasteiger partial charge in [0.1, 0.15) is 0 Å². The normalized spacial score (nSPS) is 22.5. The lowest BCUT2D eigenvalue weighted by Crippen LogP contribution is -2.41. The molecule has 1 amide bonds. The molecule has 0 aliphatic carbocycles. The summed E-state index contributed by atoms with van der Waals surface area (Å²) in [4.78, 5) is 14.8. The standard InChI is InChI=1S/C19H29N3O4S/c1-15-4-3-7-21(13-15)14-19(23)20-17-6-5-16(2)18(12-17)27(24,25)22-8-10-26-11-9-22/h5-6,12,15H,3-4,7-11,13-14H2,1-2H3,(H,20,23)/t15-/m0/s1. The van der Waals surface area contributed by atoms with Crippen LogP contribution in [0, 0.1) is 12.8 Å². The molecule has 2 heterocycles. The molecule has 0 radical (unpaired) electrons. The summed E-state index contributed by atoms with van der Waals surface area (Å²) in [5.41, 5.74) is 1.19. The van der Waals surface area contributed by atoms with Crippen molar-refractivity contribution in [3.8, 4) is 0 Å². The lowest BCUT2D eigenvalue weighted by atomic mass is 10.0. The molecule has 27 heavy (non-hydrogen) atoms. The molecular formula is C19H29N3O4S. The number of rotatable bonds is 5. The van der Waals surface area contributed by atoms with Gasteiger partial charge in [-0.25, -0.2) is 8.42 Å². The molecule has 2 aliphatic heterocycles. The highest BCUT2D eigenvalue weighted by molar-refractivity contribution is 7.89. The van der Waals surface area contributed by atoms with Gasteiger partial charge in [-0.05, 0) is 49.9 Å². The summed E-state index contributed by atoms with van der Waals surface area (Å²) < 4.78 is 32.6. The number of amides is 1. The van der Waals surface area contributed by atoms with Crippen molar-refractivity contribution in [2.45, 2.75) is 31.6 Å². The SMILES string of the molecule is Cc1ccc(NC(=O)CN2CCC[C@H](C)C2)cc1S(=O)(=O)N1CCOCC1. The molecule has 0 spiro atoms. The van der Waals surface area contributed by atoms with Gasteiger partial charge in [-0.15, -0.1) is 0 Å². The van der Waals surface area contributed by atoms with Crippen LogP contribution in [0.4, 0.5) is 5.69 Å². The van der Waals surface area contributed by atoms with Crippen LogP contribution < -0.4 is 5.32 Å². The molecule has 1 aromatic carbocycles. The second-order valence-corrected chi connectivity index (χ2v) is 9.43. The molecule has 8 heteroatoms. The minimum absolute atomic E-state index is 0.109. The van der Waals surface area contributed by atoms with E-state index >= 15 is 0 Å². The third-order valence-electron chi connectivity index (χ3n) is 5.17. The van der Waals surface area contributed by atoms with Crippen molar-refractivity contribution in [1.82, 2.24) is 9.21 Å². The fraction of sp³-hybridized carbons (Fsp3) is 0.632. The van der Waals surface area contributed by atoms with E-state index in [1.54, 1.807) is 25.1 Å². The Morgan fingerprint density at radius 2 is 2.00 bits per heavy atom. The Kier molecular flexibility index (Phi) is 6.52. The van der Waals surface area contributed by atoms with Gasteiger partial charge in [0.15, 0.2) is 0 Å². The largest absolute Gasteiger partial charge is 0.379 e. The van der Waals surface area contributed by atoms with Crippen LogP contribution in [-0.4, -0.2) is 69.5 Å². The first kappa shape index (κ1) is 20.3. The van der Waals surface area contributed by atoms with E-state index in [0.29, 0.717) is 50.0 Å². The summed E-state index contributed by atoms with van der Waals surface area (Å²) in [7, 11) is -3.59. The van der Waals surface area contributed by atoms with Crippen LogP contribution in [0.3, 0.4) is 0 Å². The number of nitrogens with zero attached hydrogens (tertiary/aromatic N) is 2. The lowest BCUT2D eigenvalue weighted by Gasteiger charge is -2.30. The van der Waals surface area contributed by atoms with Crippen molar-refractivity contribution in [3.63, 3.8) is 0 Å². The van der Waals surface area contributed by atoms with E-state index in [0.717, 1.165) is 19.5 Å². The molecule has 0 bridgehead atoms. The van der Waals surface area contributed by atoms with E-state index in [4.69, 9.17) is 4.74 Å². The zero-order chi connectivity index (χ0) is 19.4. The second-order valence-electron chi connectivity index (χ2n) is 7.53. The Balaban J connectivity index is 1.70. The molecule has 1 atom stereocenters. The zero-order valence-electron chi connectivity index (χ0n) is 16.1. The van der Waals surface area contributed by atoms with Crippen molar-refractivity contribution in [1.29, 1.82) is 0 Å². The average molecular weight is 396 g/mol. The molecule has 1 aromatic rings. The Labute approximate surface area is 161 Å². The Morgan fingerprint density at radius 3 is 2.70 bits per heavy atom. The fourth-order valence-electron chi connectivity index (χ4n) is 3.72. The summed E-state index contributed by atoms with van der Waals surface area (Å²) in [6, 6.07) is 5.06. The lowest BCUT2D eigenvalue weighted by molar-refractivity contribution is -0.117. The molecule has 2 aliphatic rings. The van der Waals surface area contributed by atoms with E-state index in [9.17, 15) is 13.2 Å². The summed E-state index contributed by atoms with van der Waals surface area (Å²) in [5, 5.41) is 2.86. The van der Waals surface area contributed by atoms with Crippen molar-refractivity contribution in [2.24, 2.45) is 5.92 Å². The summed E-state index contributed by atoms with van der Waals surface area (Å²) >= 11 is 0. The number of likely N-dealkylation sites (tertiary alicyclic amines) is 1. The van der Waals surface area contributed by atoms with Crippen LogP contribution in [0.5, 0.6) is 0 Å². The molecule has 3 rings (SSSR count). The van der Waals surface area contributed by atoms with E-state index in [1.165, 1.54) is 10.7 Å². The van der Waals surface area contributed by atoms with Crippen molar-refractivity contribution >= 4 is 21.6 Å². The third kappa shape index (κ3) is 5.07. The number of anilines is 1. The number of aryl methyl sites for hydroxylation is 1. The minimum atomic E-state index is -3.59. The maximum atomic E-state index is 12.9. The Bertz CT molecular complexity index is 775. The highest BCUT2D eigenvalue weighted by Gasteiger charge is 2.28. The van der Waals surface area contributed by atoms with Gasteiger partial charge < -0.3 is 10.1 Å². The molecule has 2 fully saturated rings. The zero-order valence-corrected chi connectivity index (χ0v) is 16.9. The quantitative estimate of drug-likeness (QED) is 0.821. The summed E-state index contributed by atoms with van der Waals surface area (Å²) in [6.45, 7) is 7.69. The average Bonchev–Trinajstić information content (AvgIpc) is 2.64. The van der Waals surface area contributed by atoms with Gasteiger partial charge in [0, 0.05) is 25.3 Å². The molecule has 150 valence electrons. The second kappa shape index (κ2) is 8.68. The third-order valence-corrected chi connectivity index (χ3v) is 7.21. The first-order valence-corrected chi connectivity index (χ1v) is 11.0. The molecule has 0 saturated carbocycles. The number of piperidine rings is 1. The van der Waals surface area contributed by atoms with Gasteiger partial charge in [-0.1, -0.05) is 13.0 Å². The van der Waals surface area contributed by atoms with Crippen LogP contribution in [0.2, 0.25) is 0 Å². The predicted octanol–water partition coefficient (Wildman–Crippen LogP) is 1.69. The number of sulfonamides is 1. The van der Waals surface area contributed by atoms with Crippen molar-refractivity contribution < 1.29 is 17.9 Å². The molecule has 0 aromatic heterocycles. The number of nitrogens with one attached hydrogen (secondary N) is 1. The number of benzene rings is 1. The minimum Gasteiger partial charge on any atom is -0.379 e. The van der Waals surface area contributed by atoms with Crippen LogP contribution in [0.1, 0.15) is 25.3 Å². The Hall–Kier alpha value is -1.48. The van der Waals surface area contributed by atoms with Gasteiger partial charge >= 0.3 is 0 Å². The monoisotopic (exact) mass is 395 g/mol. The van der Waals surface area contributed by atoms with E-state index in [2.05, 4.69) is 17.1 Å². The predicted molar refractivity (Wildman–Crippen MR) is 104 cm³/mol. The molecular weight excluding hydrogens is 366 g/mol. The number of carbonyl (C=O) groups excluding carboxylic acids is 1. The van der Waals surface area contributed by atoms with Gasteiger partial charge in [0.05, 0.1) is 24.7 Å². The number of hydrogen-bond donors (Lipinski definition) is 1. The van der Waals surface area contributed by atoms with E-state index in [1.807, 2.05) is 0 Å². The van der Waals surface area contributed by atoms with E-state index in [-0.39, 0.29) is 10.8 Å². The summed E-state index contributed by atoms with van der Waals surface area (Å²) in [6.07, 6.45) is 2.32. The van der Waals surface area contributed by atoms with E-state index < -0.39 is 10.0 Å². The summed E-state index contributed by atoms with van der Waals surface area (Å²) in [5.74, 6) is 0.499. The highest BCUT2D eigenvalue weighted by atomic mass is 32.2. The van der Waals surface area contributed by atoms with Crippen LogP contribution in [0.15, 0.2) is 23.1 Å². The molecule has 7 nitrogen and oxygen atoms in total. The molecule has 0 unspecified atom stereocenters. The van der Waals surface area contributed by atoms with Gasteiger partial charge in [-0.2, -0.15) is 4.31 Å². The maximum Gasteiger partial charge on any atom is 0.243 e. The van der Waals surface area contributed by atoms with Crippen molar-refractivity contribution in [3.05, 3.63) is 23.8 Å². The Morgan fingerprint density at radius 1 is 1.26 bits per heavy atom. The van der Waals surface area contributed by atoms with Crippen LogP contribution in [0.25, 0.3) is 0 Å². The van der Waals surface area contributed by atoms with Crippen LogP contribution >= 0.6 is 0 Å². The number of morpholine rings is 1. The molecule has 1 N–H and O–H groups in total. The fourth-order valence-corrected chi connectivity index (χ4v) is 5.37. The first-order chi connectivity index (χ1) is 12.9. The number of ether oxygens (including phenoxy) is 1. The number of hydrogen-bond acceptors (Lipinski definition) is 5. The van der Waals surface area contributed by atoms with Crippen molar-refractivity contribution in [2.75, 3.05) is 51.3 Å². The van der Waals surface area contributed by atoms with Gasteiger partial charge in [0.25, 0.3) is 0 Å². The van der Waals surface area contributed by atoms with Crippen LogP contribution in [-0.2, 0) is 19.6 Å². The first-order valence-electron chi connectivity index (χ1n) is 9.57. The molecule has 2 saturated heterocycles. The smallest absolute Gasteiger partial charge is 0.243 e. The highest BCUT2D eigenvalue weighted by Crippen LogP contribution is 2.24. The number of carbonyl (C=O) groups is 1. The topological polar surface area (TPSA) is 79.0 Å². The van der Waals surface area contributed by atoms with Gasteiger partial charge in [0.2, 0.25) is 15.9 Å². The maximum absolute atomic E-state index is 12.9. The van der Waals surface area contributed by atoms with Gasteiger partial charge in [-0.3, -0.25) is 9.69 Å².